The monoisotopic (exact) mass is 462 g/mol. The summed E-state index contributed by atoms with van der Waals surface area (Å²) in [5, 5.41) is 8.44. The van der Waals surface area contributed by atoms with Gasteiger partial charge < -0.3 is 15.0 Å². The molecule has 0 aliphatic carbocycles. The van der Waals surface area contributed by atoms with Gasteiger partial charge in [-0.2, -0.15) is 5.10 Å². The smallest absolute Gasteiger partial charge is 0.307 e. The molecule has 0 atom stereocenters. The lowest BCUT2D eigenvalue weighted by atomic mass is 10.2. The molecule has 0 fully saturated rings. The Kier molecular flexibility index (Phi) is 7.16. The molecule has 1 aromatic heterocycles. The van der Waals surface area contributed by atoms with Crippen LogP contribution in [0.4, 0.5) is 20.3 Å². The first kappa shape index (κ1) is 22.9. The highest BCUT2D eigenvalue weighted by atomic mass is 35.5. The molecule has 3 aromatic rings. The summed E-state index contributed by atoms with van der Waals surface area (Å²) in [6.45, 7) is 0.0424. The summed E-state index contributed by atoms with van der Waals surface area (Å²) in [6, 6.07) is 11.2. The summed E-state index contributed by atoms with van der Waals surface area (Å²) in [7, 11) is 1.25. The molecule has 32 heavy (non-hydrogen) atoms. The largest absolute Gasteiger partial charge is 0.469 e. The average Bonchev–Trinajstić information content (AvgIpc) is 3.25. The van der Waals surface area contributed by atoms with E-state index in [9.17, 15) is 23.2 Å². The fraction of sp³-hybridized carbons (Fsp3) is 0.143. The average molecular weight is 463 g/mol. The number of nitrogens with one attached hydrogen (secondary N) is 2. The van der Waals surface area contributed by atoms with E-state index in [4.69, 9.17) is 11.6 Å². The molecule has 0 saturated heterocycles. The molecule has 166 valence electrons. The summed E-state index contributed by atoms with van der Waals surface area (Å²) in [5.74, 6) is -4.31. The molecule has 2 amide bonds. The van der Waals surface area contributed by atoms with E-state index in [-0.39, 0.29) is 35.1 Å². The quantitative estimate of drug-likeness (QED) is 0.410. The second kappa shape index (κ2) is 10.0. The molecule has 1 heterocycles. The standard InChI is InChI=1S/C21H17ClF2N4O4/c1-32-19(29)7-8-28(12-5-3-2-4-6-12)21(31)17-11-18(27-26-17)25-20(30)13-9-15(23)16(24)10-14(13)22/h2-6,9-11H,7-8H2,1H3,(H2,25,26,27,30). The zero-order valence-corrected chi connectivity index (χ0v) is 17.5. The van der Waals surface area contributed by atoms with E-state index >= 15 is 0 Å². The van der Waals surface area contributed by atoms with Crippen LogP contribution in [0.1, 0.15) is 27.3 Å². The molecule has 0 bridgehead atoms. The molecule has 3 rings (SSSR count). The number of hydrogen-bond acceptors (Lipinski definition) is 5. The SMILES string of the molecule is COC(=O)CCN(C(=O)c1cc(NC(=O)c2cc(F)c(F)cc2Cl)n[nH]1)c1ccccc1. The number of esters is 1. The van der Waals surface area contributed by atoms with Gasteiger partial charge in [-0.1, -0.05) is 29.8 Å². The van der Waals surface area contributed by atoms with Crippen molar-refractivity contribution in [3.8, 4) is 0 Å². The first-order chi connectivity index (χ1) is 15.3. The number of halogens is 3. The lowest BCUT2D eigenvalue weighted by molar-refractivity contribution is -0.140. The van der Waals surface area contributed by atoms with Gasteiger partial charge in [-0.3, -0.25) is 19.5 Å². The van der Waals surface area contributed by atoms with E-state index in [1.54, 1.807) is 30.3 Å². The number of hydrogen-bond donors (Lipinski definition) is 2. The van der Waals surface area contributed by atoms with Crippen LogP contribution in [-0.2, 0) is 9.53 Å². The summed E-state index contributed by atoms with van der Waals surface area (Å²) >= 11 is 5.81. The molecule has 0 spiro atoms. The van der Waals surface area contributed by atoms with Gasteiger partial charge in [0.25, 0.3) is 11.8 Å². The third-order valence-electron chi connectivity index (χ3n) is 4.38. The van der Waals surface area contributed by atoms with Crippen molar-refractivity contribution in [1.82, 2.24) is 10.2 Å². The van der Waals surface area contributed by atoms with Crippen molar-refractivity contribution in [2.45, 2.75) is 6.42 Å². The van der Waals surface area contributed by atoms with Crippen molar-refractivity contribution in [3.05, 3.63) is 76.4 Å². The van der Waals surface area contributed by atoms with Crippen molar-refractivity contribution in [2.75, 3.05) is 23.9 Å². The van der Waals surface area contributed by atoms with Crippen molar-refractivity contribution in [2.24, 2.45) is 0 Å². The highest BCUT2D eigenvalue weighted by molar-refractivity contribution is 6.34. The fourth-order valence-corrected chi connectivity index (χ4v) is 3.02. The number of benzene rings is 2. The zero-order chi connectivity index (χ0) is 23.3. The van der Waals surface area contributed by atoms with Crippen LogP contribution >= 0.6 is 11.6 Å². The number of aromatic nitrogens is 2. The molecule has 0 aliphatic heterocycles. The van der Waals surface area contributed by atoms with E-state index in [0.29, 0.717) is 17.8 Å². The maximum atomic E-state index is 13.5. The lowest BCUT2D eigenvalue weighted by Crippen LogP contribution is -2.33. The van der Waals surface area contributed by atoms with E-state index < -0.39 is 29.4 Å². The second-order valence-electron chi connectivity index (χ2n) is 6.49. The number of methoxy groups -OCH3 is 1. The topological polar surface area (TPSA) is 104 Å². The van der Waals surface area contributed by atoms with Gasteiger partial charge >= 0.3 is 5.97 Å². The minimum atomic E-state index is -1.23. The Bertz CT molecular complexity index is 1150. The lowest BCUT2D eigenvalue weighted by Gasteiger charge is -2.21. The summed E-state index contributed by atoms with van der Waals surface area (Å²) in [5.41, 5.74) is 0.256. The number of para-hydroxylation sites is 1. The molecular formula is C21H17ClF2N4O4. The van der Waals surface area contributed by atoms with Crippen LogP contribution in [0.5, 0.6) is 0 Å². The Balaban J connectivity index is 1.79. The molecule has 2 N–H and O–H groups in total. The third-order valence-corrected chi connectivity index (χ3v) is 4.70. The molecule has 0 unspecified atom stereocenters. The van der Waals surface area contributed by atoms with Gasteiger partial charge in [0.1, 0.15) is 5.69 Å². The molecule has 11 heteroatoms. The van der Waals surface area contributed by atoms with Gasteiger partial charge in [0.2, 0.25) is 0 Å². The third kappa shape index (κ3) is 5.27. The van der Waals surface area contributed by atoms with E-state index in [1.165, 1.54) is 18.1 Å². The second-order valence-corrected chi connectivity index (χ2v) is 6.89. The Labute approximate surface area is 186 Å². The number of carbonyl (C=O) groups excluding carboxylic acids is 3. The maximum Gasteiger partial charge on any atom is 0.307 e. The molecule has 0 radical (unpaired) electrons. The number of carbonyl (C=O) groups is 3. The molecule has 0 aliphatic rings. The first-order valence-corrected chi connectivity index (χ1v) is 9.63. The molecule has 8 nitrogen and oxygen atoms in total. The van der Waals surface area contributed by atoms with Crippen molar-refractivity contribution in [3.63, 3.8) is 0 Å². The number of rotatable bonds is 7. The number of aromatic amines is 1. The molecule has 2 aromatic carbocycles. The van der Waals surface area contributed by atoms with Crippen LogP contribution in [0.25, 0.3) is 0 Å². The normalized spacial score (nSPS) is 10.5. The number of ether oxygens (including phenoxy) is 1. The number of H-pyrrole nitrogens is 1. The van der Waals surface area contributed by atoms with Gasteiger partial charge in [-0.25, -0.2) is 8.78 Å². The van der Waals surface area contributed by atoms with Crippen LogP contribution in [0.3, 0.4) is 0 Å². The van der Waals surface area contributed by atoms with E-state index in [0.717, 1.165) is 0 Å². The van der Waals surface area contributed by atoms with Crippen molar-refractivity contribution >= 4 is 40.9 Å². The predicted octanol–water partition coefficient (Wildman–Crippen LogP) is 3.80. The maximum absolute atomic E-state index is 13.5. The first-order valence-electron chi connectivity index (χ1n) is 9.25. The number of anilines is 2. The van der Waals surface area contributed by atoms with Gasteiger partial charge in [0, 0.05) is 18.3 Å². The zero-order valence-electron chi connectivity index (χ0n) is 16.7. The highest BCUT2D eigenvalue weighted by Gasteiger charge is 2.22. The van der Waals surface area contributed by atoms with Crippen molar-refractivity contribution in [1.29, 1.82) is 0 Å². The molecular weight excluding hydrogens is 446 g/mol. The Morgan fingerprint density at radius 1 is 1.12 bits per heavy atom. The summed E-state index contributed by atoms with van der Waals surface area (Å²) in [6.07, 6.45) is -0.0382. The van der Waals surface area contributed by atoms with Gasteiger partial charge in [0.15, 0.2) is 17.5 Å². The predicted molar refractivity (Wildman–Crippen MR) is 113 cm³/mol. The van der Waals surface area contributed by atoms with Crippen molar-refractivity contribution < 1.29 is 27.9 Å². The fourth-order valence-electron chi connectivity index (χ4n) is 2.78. The Morgan fingerprint density at radius 3 is 2.50 bits per heavy atom. The minimum Gasteiger partial charge on any atom is -0.469 e. The van der Waals surface area contributed by atoms with Crippen LogP contribution < -0.4 is 10.2 Å². The van der Waals surface area contributed by atoms with Gasteiger partial charge in [-0.05, 0) is 24.3 Å². The van der Waals surface area contributed by atoms with Crippen LogP contribution in [0.2, 0.25) is 5.02 Å². The van der Waals surface area contributed by atoms with Crippen LogP contribution in [0, 0.1) is 11.6 Å². The van der Waals surface area contributed by atoms with Crippen LogP contribution in [0.15, 0.2) is 48.5 Å². The Hall–Kier alpha value is -3.79. The Morgan fingerprint density at radius 2 is 1.81 bits per heavy atom. The van der Waals surface area contributed by atoms with Crippen LogP contribution in [-0.4, -0.2) is 41.6 Å². The van der Waals surface area contributed by atoms with E-state index in [2.05, 4.69) is 20.3 Å². The summed E-state index contributed by atoms with van der Waals surface area (Å²) < 4.78 is 31.3. The molecule has 0 saturated carbocycles. The highest BCUT2D eigenvalue weighted by Crippen LogP contribution is 2.22. The minimum absolute atomic E-state index is 0.0189. The number of nitrogens with zero attached hydrogens (tertiary/aromatic N) is 2. The number of amides is 2. The summed E-state index contributed by atoms with van der Waals surface area (Å²) in [4.78, 5) is 38.3. The van der Waals surface area contributed by atoms with E-state index in [1.807, 2.05) is 0 Å². The van der Waals surface area contributed by atoms with Gasteiger partial charge in [0.05, 0.1) is 24.1 Å². The van der Waals surface area contributed by atoms with Gasteiger partial charge in [-0.15, -0.1) is 0 Å².